The second-order valence-electron chi connectivity index (χ2n) is 2.30. The molecule has 0 aliphatic carbocycles. The molecule has 1 N–H and O–H groups in total. The fourth-order valence-electron chi connectivity index (χ4n) is 0.866. The summed E-state index contributed by atoms with van der Waals surface area (Å²) in [5.41, 5.74) is 0.549. The quantitative estimate of drug-likeness (QED) is 0.796. The summed E-state index contributed by atoms with van der Waals surface area (Å²) in [4.78, 5) is 13.3. The van der Waals surface area contributed by atoms with E-state index in [9.17, 15) is 4.79 Å². The van der Waals surface area contributed by atoms with Crippen molar-refractivity contribution in [1.82, 2.24) is 15.2 Å². The van der Waals surface area contributed by atoms with Crippen molar-refractivity contribution in [2.75, 3.05) is 0 Å². The van der Waals surface area contributed by atoms with Gasteiger partial charge in [0.1, 0.15) is 0 Å². The minimum Gasteiger partial charge on any atom is -0.412 e. The first-order chi connectivity index (χ1) is 6.25. The predicted octanol–water partition coefficient (Wildman–Crippen LogP) is 1.03. The number of pyridine rings is 1. The van der Waals surface area contributed by atoms with Crippen LogP contribution in [-0.2, 0) is 0 Å². The van der Waals surface area contributed by atoms with Gasteiger partial charge in [-0.15, -0.1) is 10.2 Å². The monoisotopic (exact) mass is 289 g/mol. The highest BCUT2D eigenvalue weighted by Crippen LogP contribution is 2.15. The molecule has 0 aliphatic heterocycles. The lowest BCUT2D eigenvalue weighted by atomic mass is 10.3. The van der Waals surface area contributed by atoms with Crippen LogP contribution in [0.2, 0.25) is 0 Å². The van der Waals surface area contributed by atoms with Crippen LogP contribution in [-0.4, -0.2) is 15.2 Å². The van der Waals surface area contributed by atoms with Gasteiger partial charge >= 0.3 is 0 Å². The number of hydrogen-bond donors (Lipinski definition) is 1. The largest absolute Gasteiger partial charge is 0.412 e. The van der Waals surface area contributed by atoms with Crippen molar-refractivity contribution in [2.24, 2.45) is 0 Å². The highest BCUT2D eigenvalue weighted by molar-refractivity contribution is 14.1. The van der Waals surface area contributed by atoms with Gasteiger partial charge in [-0.05, 0) is 6.07 Å². The number of H-pyrrole nitrogens is 1. The van der Waals surface area contributed by atoms with E-state index in [0.717, 1.165) is 0 Å². The Kier molecular flexibility index (Phi) is 2.13. The van der Waals surface area contributed by atoms with E-state index in [4.69, 9.17) is 4.42 Å². The van der Waals surface area contributed by atoms with Crippen molar-refractivity contribution in [3.05, 3.63) is 32.6 Å². The summed E-state index contributed by atoms with van der Waals surface area (Å²) in [5.74, 6) is 0.403. The van der Waals surface area contributed by atoms with Crippen LogP contribution < -0.4 is 5.56 Å². The van der Waals surface area contributed by atoms with Crippen LogP contribution in [0.25, 0.3) is 11.5 Å². The third kappa shape index (κ3) is 1.77. The van der Waals surface area contributed by atoms with Gasteiger partial charge in [0.05, 0.1) is 5.56 Å². The van der Waals surface area contributed by atoms with E-state index in [0.29, 0.717) is 15.4 Å². The maximum absolute atomic E-state index is 10.7. The van der Waals surface area contributed by atoms with Crippen LogP contribution in [0.5, 0.6) is 0 Å². The van der Waals surface area contributed by atoms with Crippen LogP contribution in [0.4, 0.5) is 0 Å². The molecule has 2 heterocycles. The van der Waals surface area contributed by atoms with Gasteiger partial charge < -0.3 is 9.40 Å². The standard InChI is InChI=1S/C7H4IN3O2/c8-7-11-10-6(13-7)4-1-2-5(12)9-3-4/h1-3H,(H,9,12). The van der Waals surface area contributed by atoms with Gasteiger partial charge in [-0.25, -0.2) is 0 Å². The summed E-state index contributed by atoms with van der Waals surface area (Å²) >= 11 is 1.92. The summed E-state index contributed by atoms with van der Waals surface area (Å²) in [7, 11) is 0. The molecule has 0 amide bonds. The number of hydrogen-bond acceptors (Lipinski definition) is 4. The first-order valence-corrected chi connectivity index (χ1v) is 4.52. The second kappa shape index (κ2) is 3.29. The molecular weight excluding hydrogens is 285 g/mol. The van der Waals surface area contributed by atoms with Crippen molar-refractivity contribution in [2.45, 2.75) is 0 Å². The highest BCUT2D eigenvalue weighted by Gasteiger charge is 2.05. The summed E-state index contributed by atoms with van der Waals surface area (Å²) < 4.78 is 5.62. The highest BCUT2D eigenvalue weighted by atomic mass is 127. The molecule has 0 atom stereocenters. The molecule has 0 fully saturated rings. The zero-order chi connectivity index (χ0) is 9.26. The summed E-state index contributed by atoms with van der Waals surface area (Å²) in [6.07, 6.45) is 1.53. The van der Waals surface area contributed by atoms with Crippen molar-refractivity contribution < 1.29 is 4.42 Å². The van der Waals surface area contributed by atoms with E-state index in [-0.39, 0.29) is 5.56 Å². The zero-order valence-electron chi connectivity index (χ0n) is 6.32. The Morgan fingerprint density at radius 2 is 2.23 bits per heavy atom. The number of aromatic nitrogens is 3. The number of aromatic amines is 1. The molecule has 0 bridgehead atoms. The van der Waals surface area contributed by atoms with Crippen LogP contribution in [0.15, 0.2) is 27.5 Å². The molecule has 0 saturated heterocycles. The van der Waals surface area contributed by atoms with Crippen molar-refractivity contribution in [3.63, 3.8) is 0 Å². The van der Waals surface area contributed by atoms with Gasteiger partial charge in [0, 0.05) is 34.9 Å². The van der Waals surface area contributed by atoms with Gasteiger partial charge in [0.15, 0.2) is 0 Å². The lowest BCUT2D eigenvalue weighted by Crippen LogP contribution is -2.01. The third-order valence-corrected chi connectivity index (χ3v) is 1.87. The summed E-state index contributed by atoms with van der Waals surface area (Å²) in [6.45, 7) is 0. The molecule has 2 rings (SSSR count). The zero-order valence-corrected chi connectivity index (χ0v) is 8.48. The first-order valence-electron chi connectivity index (χ1n) is 3.44. The molecule has 0 spiro atoms. The number of nitrogens with one attached hydrogen (secondary N) is 1. The Labute approximate surface area is 86.3 Å². The van der Waals surface area contributed by atoms with Crippen LogP contribution in [0, 0.1) is 3.90 Å². The maximum atomic E-state index is 10.7. The molecule has 6 heteroatoms. The molecular formula is C7H4IN3O2. The lowest BCUT2D eigenvalue weighted by Gasteiger charge is -1.90. The average Bonchev–Trinajstić information content (AvgIpc) is 2.53. The second-order valence-corrected chi connectivity index (χ2v) is 3.22. The van der Waals surface area contributed by atoms with Gasteiger partial charge in [-0.1, -0.05) is 0 Å². The molecule has 66 valence electrons. The van der Waals surface area contributed by atoms with E-state index >= 15 is 0 Å². The van der Waals surface area contributed by atoms with E-state index in [1.54, 1.807) is 6.07 Å². The van der Waals surface area contributed by atoms with Crippen LogP contribution in [0.1, 0.15) is 0 Å². The van der Waals surface area contributed by atoms with Gasteiger partial charge in [0.2, 0.25) is 11.4 Å². The average molecular weight is 289 g/mol. The van der Waals surface area contributed by atoms with Crippen molar-refractivity contribution in [1.29, 1.82) is 0 Å². The Morgan fingerprint density at radius 3 is 2.77 bits per heavy atom. The van der Waals surface area contributed by atoms with Gasteiger partial charge in [0.25, 0.3) is 3.90 Å². The van der Waals surface area contributed by atoms with Crippen LogP contribution >= 0.6 is 22.6 Å². The van der Waals surface area contributed by atoms with Gasteiger partial charge in [-0.3, -0.25) is 4.79 Å². The Morgan fingerprint density at radius 1 is 1.38 bits per heavy atom. The first kappa shape index (κ1) is 8.42. The summed E-state index contributed by atoms with van der Waals surface area (Å²) in [6, 6.07) is 3.04. The summed E-state index contributed by atoms with van der Waals surface area (Å²) in [5, 5.41) is 7.46. The topological polar surface area (TPSA) is 71.8 Å². The Bertz CT molecular complexity index is 456. The van der Waals surface area contributed by atoms with Crippen LogP contribution in [0.3, 0.4) is 0 Å². The fourth-order valence-corrected chi connectivity index (χ4v) is 1.18. The molecule has 0 unspecified atom stereocenters. The molecule has 2 aromatic heterocycles. The molecule has 0 saturated carbocycles. The minimum absolute atomic E-state index is 0.155. The smallest absolute Gasteiger partial charge is 0.278 e. The number of rotatable bonds is 1. The normalized spacial score (nSPS) is 10.2. The minimum atomic E-state index is -0.155. The van der Waals surface area contributed by atoms with E-state index in [2.05, 4.69) is 15.2 Å². The third-order valence-electron chi connectivity index (χ3n) is 1.43. The molecule has 0 aliphatic rings. The molecule has 13 heavy (non-hydrogen) atoms. The van der Waals surface area contributed by atoms with E-state index in [1.165, 1.54) is 12.3 Å². The lowest BCUT2D eigenvalue weighted by molar-refractivity contribution is 0.536. The molecule has 0 radical (unpaired) electrons. The molecule has 0 aromatic carbocycles. The number of halogens is 1. The predicted molar refractivity (Wildman–Crippen MR) is 53.1 cm³/mol. The number of nitrogens with zero attached hydrogens (tertiary/aromatic N) is 2. The van der Waals surface area contributed by atoms with E-state index in [1.807, 2.05) is 22.6 Å². The van der Waals surface area contributed by atoms with Crippen molar-refractivity contribution in [3.8, 4) is 11.5 Å². The fraction of sp³-hybridized carbons (Fsp3) is 0. The maximum Gasteiger partial charge on any atom is 0.278 e. The SMILES string of the molecule is O=c1ccc(-c2nnc(I)o2)c[nH]1. The van der Waals surface area contributed by atoms with Gasteiger partial charge in [-0.2, -0.15) is 0 Å². The molecule has 5 nitrogen and oxygen atoms in total. The van der Waals surface area contributed by atoms with E-state index < -0.39 is 0 Å². The Hall–Kier alpha value is -1.18. The van der Waals surface area contributed by atoms with Crippen molar-refractivity contribution >= 4 is 22.6 Å². The Balaban J connectivity index is 2.47. The molecule has 2 aromatic rings.